The molecule has 1 heterocycles. The summed E-state index contributed by atoms with van der Waals surface area (Å²) in [5.74, 6) is 0.946. The van der Waals surface area contributed by atoms with Crippen molar-refractivity contribution < 1.29 is 9.53 Å². The number of fused-ring (bicyclic) bond motifs is 1. The van der Waals surface area contributed by atoms with E-state index in [1.807, 2.05) is 12.1 Å². The predicted molar refractivity (Wildman–Crippen MR) is 110 cm³/mol. The fourth-order valence-electron chi connectivity index (χ4n) is 4.24. The van der Waals surface area contributed by atoms with E-state index in [1.54, 1.807) is 13.2 Å². The number of carbonyl (C=O) groups excluding carboxylic acids is 1. The lowest BCUT2D eigenvalue weighted by molar-refractivity contribution is 0.0862. The highest BCUT2D eigenvalue weighted by molar-refractivity contribution is 6.34. The van der Waals surface area contributed by atoms with E-state index >= 15 is 0 Å². The second-order valence-corrected chi connectivity index (χ2v) is 7.72. The summed E-state index contributed by atoms with van der Waals surface area (Å²) in [5, 5.41) is 0.547. The van der Waals surface area contributed by atoms with Gasteiger partial charge in [0.25, 0.3) is 0 Å². The van der Waals surface area contributed by atoms with Crippen LogP contribution in [0.2, 0.25) is 5.02 Å². The van der Waals surface area contributed by atoms with Crippen molar-refractivity contribution in [3.8, 4) is 5.75 Å². The molecule has 1 atom stereocenters. The van der Waals surface area contributed by atoms with Crippen LogP contribution in [0.5, 0.6) is 5.75 Å². The number of nitrogens with zero attached hydrogens (tertiary/aromatic N) is 1. The summed E-state index contributed by atoms with van der Waals surface area (Å²) >= 11 is 6.36. The molecular formula is C23H24ClNO2. The zero-order chi connectivity index (χ0) is 18.8. The van der Waals surface area contributed by atoms with Gasteiger partial charge >= 0.3 is 0 Å². The number of rotatable bonds is 4. The zero-order valence-corrected chi connectivity index (χ0v) is 16.3. The monoisotopic (exact) mass is 381 g/mol. The standard InChI is InChI=1S/C23H24ClNO2/c1-27-21-10-9-20(24)22-19(21)8-7-18(23(22)26)15-25-13-11-17(12-14-25)16-5-3-2-4-6-16/h2-6,9-11,18H,7-8,12-15H2,1H3. The smallest absolute Gasteiger partial charge is 0.169 e. The Bertz CT molecular complexity index is 875. The van der Waals surface area contributed by atoms with Crippen molar-refractivity contribution in [2.75, 3.05) is 26.7 Å². The maximum atomic E-state index is 13.1. The van der Waals surface area contributed by atoms with Crippen molar-refractivity contribution in [1.82, 2.24) is 4.90 Å². The summed E-state index contributed by atoms with van der Waals surface area (Å²) in [6, 6.07) is 14.2. The van der Waals surface area contributed by atoms with Crippen molar-refractivity contribution in [1.29, 1.82) is 0 Å². The summed E-state index contributed by atoms with van der Waals surface area (Å²) in [6.07, 6.45) is 5.02. The van der Waals surface area contributed by atoms with E-state index in [0.29, 0.717) is 10.6 Å². The molecule has 0 spiro atoms. The Balaban J connectivity index is 1.46. The first-order chi connectivity index (χ1) is 13.2. The number of ketones is 1. The fraction of sp³-hybridized carbons (Fsp3) is 0.348. The summed E-state index contributed by atoms with van der Waals surface area (Å²) in [6.45, 7) is 2.68. The first-order valence-electron chi connectivity index (χ1n) is 9.53. The van der Waals surface area contributed by atoms with Gasteiger partial charge in [0.15, 0.2) is 5.78 Å². The van der Waals surface area contributed by atoms with Crippen LogP contribution in [0.25, 0.3) is 5.57 Å². The molecule has 0 aromatic heterocycles. The third kappa shape index (κ3) is 3.67. The number of hydrogen-bond acceptors (Lipinski definition) is 3. The highest BCUT2D eigenvalue weighted by Gasteiger charge is 2.32. The minimum absolute atomic E-state index is 0.00813. The summed E-state index contributed by atoms with van der Waals surface area (Å²) in [4.78, 5) is 15.5. The van der Waals surface area contributed by atoms with E-state index in [4.69, 9.17) is 16.3 Å². The minimum Gasteiger partial charge on any atom is -0.496 e. The third-order valence-corrected chi connectivity index (χ3v) is 6.03. The first-order valence-corrected chi connectivity index (χ1v) is 9.91. The van der Waals surface area contributed by atoms with Crippen LogP contribution in [0.1, 0.15) is 34.3 Å². The van der Waals surface area contributed by atoms with Gasteiger partial charge in [-0.05, 0) is 42.5 Å². The molecule has 0 amide bonds. The maximum absolute atomic E-state index is 13.1. The topological polar surface area (TPSA) is 29.5 Å². The molecule has 4 rings (SSSR count). The number of benzene rings is 2. The summed E-state index contributed by atoms with van der Waals surface area (Å²) < 4.78 is 5.43. The number of halogens is 1. The van der Waals surface area contributed by atoms with Crippen LogP contribution in [-0.2, 0) is 6.42 Å². The van der Waals surface area contributed by atoms with Crippen LogP contribution < -0.4 is 4.74 Å². The Labute approximate surface area is 165 Å². The van der Waals surface area contributed by atoms with E-state index in [2.05, 4.69) is 35.2 Å². The Morgan fingerprint density at radius 1 is 1.15 bits per heavy atom. The second-order valence-electron chi connectivity index (χ2n) is 7.31. The Morgan fingerprint density at radius 3 is 2.67 bits per heavy atom. The predicted octanol–water partition coefficient (Wildman–Crippen LogP) is 4.88. The molecule has 2 aromatic carbocycles. The van der Waals surface area contributed by atoms with Crippen molar-refractivity contribution in [2.24, 2.45) is 5.92 Å². The normalized spacial score (nSPS) is 20.1. The second kappa shape index (κ2) is 7.87. The number of ether oxygens (including phenoxy) is 1. The van der Waals surface area contributed by atoms with E-state index in [0.717, 1.165) is 50.2 Å². The SMILES string of the molecule is COc1ccc(Cl)c2c1CCC(CN1CC=C(c3ccccc3)CC1)C2=O. The van der Waals surface area contributed by atoms with E-state index in [-0.39, 0.29) is 11.7 Å². The number of Topliss-reactive ketones (excluding diaryl/α,β-unsaturated/α-hetero) is 1. The van der Waals surface area contributed by atoms with Crippen LogP contribution in [0.4, 0.5) is 0 Å². The summed E-state index contributed by atoms with van der Waals surface area (Å²) in [7, 11) is 1.64. The lowest BCUT2D eigenvalue weighted by Gasteiger charge is -2.32. The molecule has 0 saturated carbocycles. The van der Waals surface area contributed by atoms with Crippen LogP contribution in [0, 0.1) is 5.92 Å². The Morgan fingerprint density at radius 2 is 1.96 bits per heavy atom. The fourth-order valence-corrected chi connectivity index (χ4v) is 4.51. The van der Waals surface area contributed by atoms with Gasteiger partial charge in [-0.3, -0.25) is 9.69 Å². The quantitative estimate of drug-likeness (QED) is 0.755. The average molecular weight is 382 g/mol. The van der Waals surface area contributed by atoms with E-state index < -0.39 is 0 Å². The molecule has 0 radical (unpaired) electrons. The van der Waals surface area contributed by atoms with Crippen molar-refractivity contribution in [3.63, 3.8) is 0 Å². The molecule has 0 fully saturated rings. The molecule has 1 unspecified atom stereocenters. The Kier molecular flexibility index (Phi) is 5.33. The molecule has 27 heavy (non-hydrogen) atoms. The van der Waals surface area contributed by atoms with Crippen molar-refractivity contribution >= 4 is 23.0 Å². The molecule has 140 valence electrons. The zero-order valence-electron chi connectivity index (χ0n) is 15.6. The van der Waals surface area contributed by atoms with Gasteiger partial charge < -0.3 is 4.74 Å². The van der Waals surface area contributed by atoms with Gasteiger partial charge in [-0.1, -0.05) is 48.0 Å². The number of carbonyl (C=O) groups is 1. The molecule has 1 aliphatic carbocycles. The minimum atomic E-state index is 0.00813. The van der Waals surface area contributed by atoms with Gasteiger partial charge in [0.2, 0.25) is 0 Å². The largest absolute Gasteiger partial charge is 0.496 e. The summed E-state index contributed by atoms with van der Waals surface area (Å²) in [5.41, 5.74) is 4.35. The lowest BCUT2D eigenvalue weighted by atomic mass is 9.81. The molecule has 0 saturated heterocycles. The van der Waals surface area contributed by atoms with Crippen molar-refractivity contribution in [3.05, 3.63) is 70.3 Å². The number of hydrogen-bond donors (Lipinski definition) is 0. The van der Waals surface area contributed by atoms with Crippen LogP contribution in [0.3, 0.4) is 0 Å². The average Bonchev–Trinajstić information content (AvgIpc) is 2.71. The van der Waals surface area contributed by atoms with Crippen molar-refractivity contribution in [2.45, 2.75) is 19.3 Å². The van der Waals surface area contributed by atoms with Crippen LogP contribution in [0.15, 0.2) is 48.5 Å². The molecule has 2 aromatic rings. The highest BCUT2D eigenvalue weighted by Crippen LogP contribution is 2.37. The highest BCUT2D eigenvalue weighted by atomic mass is 35.5. The van der Waals surface area contributed by atoms with E-state index in [9.17, 15) is 4.79 Å². The molecule has 0 N–H and O–H groups in total. The molecule has 2 aliphatic rings. The Hall–Kier alpha value is -2.10. The molecule has 3 nitrogen and oxygen atoms in total. The molecule has 0 bridgehead atoms. The van der Waals surface area contributed by atoms with Gasteiger partial charge in [-0.15, -0.1) is 0 Å². The van der Waals surface area contributed by atoms with Gasteiger partial charge in [0.05, 0.1) is 12.1 Å². The molecule has 4 heteroatoms. The van der Waals surface area contributed by atoms with Gasteiger partial charge in [-0.25, -0.2) is 0 Å². The third-order valence-electron chi connectivity index (χ3n) is 5.72. The lowest BCUT2D eigenvalue weighted by Crippen LogP contribution is -2.38. The molecular weight excluding hydrogens is 358 g/mol. The van der Waals surface area contributed by atoms with E-state index in [1.165, 1.54) is 11.1 Å². The molecule has 1 aliphatic heterocycles. The maximum Gasteiger partial charge on any atom is 0.169 e. The first kappa shape index (κ1) is 18.3. The van der Waals surface area contributed by atoms with Crippen LogP contribution in [-0.4, -0.2) is 37.4 Å². The van der Waals surface area contributed by atoms with Gasteiger partial charge in [0, 0.05) is 36.7 Å². The van der Waals surface area contributed by atoms with Gasteiger partial charge in [0.1, 0.15) is 5.75 Å². The number of methoxy groups -OCH3 is 1. The van der Waals surface area contributed by atoms with Gasteiger partial charge in [-0.2, -0.15) is 0 Å². The van der Waals surface area contributed by atoms with Crippen LogP contribution >= 0.6 is 11.6 Å².